The number of benzene rings is 2. The molecule has 0 saturated carbocycles. The number of aromatic nitrogens is 3. The minimum atomic E-state index is -0.396. The number of methoxy groups -OCH3 is 1. The monoisotopic (exact) mass is 558 g/mol. The molecular weight excluding hydrogens is 516 g/mol. The van der Waals surface area contributed by atoms with Crippen LogP contribution in [-0.2, 0) is 23.1 Å². The number of nitrogens with zero attached hydrogens (tertiary/aromatic N) is 3. The van der Waals surface area contributed by atoms with Crippen molar-refractivity contribution in [3.63, 3.8) is 0 Å². The molecule has 2 aromatic carbocycles. The number of hydrogen-bond acceptors (Lipinski definition) is 5. The highest BCUT2D eigenvalue weighted by Gasteiger charge is 2.29. The summed E-state index contributed by atoms with van der Waals surface area (Å²) in [5, 5.41) is 4.37. The highest BCUT2D eigenvalue weighted by molar-refractivity contribution is 5.97. The highest BCUT2D eigenvalue weighted by Crippen LogP contribution is 2.36. The third-order valence-electron chi connectivity index (χ3n) is 8.29. The van der Waals surface area contributed by atoms with Gasteiger partial charge in [0.05, 0.1) is 36.0 Å². The largest absolute Gasteiger partial charge is 0.494 e. The van der Waals surface area contributed by atoms with Gasteiger partial charge in [0.15, 0.2) is 5.82 Å². The number of carbonyl (C=O) groups excluding carboxylic acids is 2. The molecule has 0 aliphatic carbocycles. The molecule has 41 heavy (non-hydrogen) atoms. The molecule has 1 amide bonds. The molecule has 0 fully saturated rings. The van der Waals surface area contributed by atoms with E-state index >= 15 is 0 Å². The van der Waals surface area contributed by atoms with Crippen LogP contribution in [-0.4, -0.2) is 39.2 Å². The minimum absolute atomic E-state index is 0.100. The Morgan fingerprint density at radius 2 is 1.85 bits per heavy atom. The first kappa shape index (κ1) is 28.7. The zero-order valence-electron chi connectivity index (χ0n) is 25.3. The average molecular weight is 559 g/mol. The number of amides is 1. The second-order valence-corrected chi connectivity index (χ2v) is 12.2. The molecule has 2 bridgehead atoms. The van der Waals surface area contributed by atoms with Crippen molar-refractivity contribution in [2.75, 3.05) is 7.11 Å². The summed E-state index contributed by atoms with van der Waals surface area (Å²) in [6, 6.07) is 12.0. The molecule has 2 aromatic heterocycles. The van der Waals surface area contributed by atoms with Crippen LogP contribution in [0, 0.1) is 5.41 Å². The number of carbonyl (C=O) groups is 2. The molecule has 5 rings (SSSR count). The summed E-state index contributed by atoms with van der Waals surface area (Å²) >= 11 is 0. The maximum absolute atomic E-state index is 13.1. The van der Waals surface area contributed by atoms with Crippen LogP contribution in [0.1, 0.15) is 88.7 Å². The number of esters is 1. The van der Waals surface area contributed by atoms with Gasteiger partial charge in [-0.1, -0.05) is 45.2 Å². The Balaban J connectivity index is 1.63. The summed E-state index contributed by atoms with van der Waals surface area (Å²) in [6.45, 7) is 10.7. The van der Waals surface area contributed by atoms with Crippen LogP contribution in [0.5, 0.6) is 5.75 Å². The molecule has 0 unspecified atom stereocenters. The third-order valence-corrected chi connectivity index (χ3v) is 8.29. The number of hydrogen-bond donors (Lipinski definition) is 1. The van der Waals surface area contributed by atoms with Gasteiger partial charge >= 0.3 is 5.97 Å². The molecule has 218 valence electrons. The fourth-order valence-corrected chi connectivity index (χ4v) is 5.84. The van der Waals surface area contributed by atoms with E-state index in [2.05, 4.69) is 41.1 Å². The molecule has 1 aliphatic rings. The fourth-order valence-electron chi connectivity index (χ4n) is 5.84. The molecule has 4 aromatic rings. The lowest BCUT2D eigenvalue weighted by Crippen LogP contribution is -2.38. The molecule has 1 aliphatic heterocycles. The zero-order chi connectivity index (χ0) is 29.5. The first-order chi connectivity index (χ1) is 19.5. The van der Waals surface area contributed by atoms with Crippen molar-refractivity contribution in [3.05, 3.63) is 47.5 Å². The Morgan fingerprint density at radius 3 is 2.59 bits per heavy atom. The van der Waals surface area contributed by atoms with Gasteiger partial charge in [0.2, 0.25) is 5.91 Å². The average Bonchev–Trinajstić information content (AvgIpc) is 3.45. The first-order valence-electron chi connectivity index (χ1n) is 14.7. The van der Waals surface area contributed by atoms with E-state index in [9.17, 15) is 9.59 Å². The lowest BCUT2D eigenvalue weighted by molar-refractivity contribution is -0.130. The smallest absolute Gasteiger partial charge is 0.338 e. The van der Waals surface area contributed by atoms with Gasteiger partial charge in [-0.2, -0.15) is 0 Å². The summed E-state index contributed by atoms with van der Waals surface area (Å²) in [5.41, 5.74) is 4.73. The third kappa shape index (κ3) is 5.56. The van der Waals surface area contributed by atoms with E-state index in [0.717, 1.165) is 72.2 Å². The van der Waals surface area contributed by atoms with Crippen molar-refractivity contribution in [2.45, 2.75) is 85.4 Å². The van der Waals surface area contributed by atoms with Crippen LogP contribution >= 0.6 is 0 Å². The van der Waals surface area contributed by atoms with Crippen LogP contribution in [0.25, 0.3) is 33.5 Å². The molecule has 3 heterocycles. The number of rotatable bonds is 4. The standard InChI is InChI=1S/C33H42N4O4/c1-20(2)41-31(38)24-16-25-29(28(19-24)40-7)36(6)30(35-25)27-18-23-13-12-22-17-26(23)37(27)15-11-9-8-10-14-33(4,5)32(39)34-21(22)3/h12-13,16-21H,8-11,14-15H2,1-7H3,(H,34,39)/t21-/m1/s1. The summed E-state index contributed by atoms with van der Waals surface area (Å²) in [5.74, 6) is 1.08. The van der Waals surface area contributed by atoms with Crippen LogP contribution in [0.2, 0.25) is 0 Å². The number of aryl methyl sites for hydroxylation is 2. The second-order valence-electron chi connectivity index (χ2n) is 12.2. The predicted molar refractivity (Wildman–Crippen MR) is 162 cm³/mol. The zero-order valence-corrected chi connectivity index (χ0v) is 25.3. The van der Waals surface area contributed by atoms with Gasteiger partial charge in [0.25, 0.3) is 0 Å². The molecule has 0 spiro atoms. The van der Waals surface area contributed by atoms with Gasteiger partial charge in [-0.3, -0.25) is 4.79 Å². The van der Waals surface area contributed by atoms with E-state index in [1.54, 1.807) is 19.2 Å². The van der Waals surface area contributed by atoms with Crippen molar-refractivity contribution in [3.8, 4) is 17.3 Å². The summed E-state index contributed by atoms with van der Waals surface area (Å²) in [6.07, 6.45) is 4.89. The van der Waals surface area contributed by atoms with Crippen LogP contribution in [0.3, 0.4) is 0 Å². The Kier molecular flexibility index (Phi) is 7.86. The van der Waals surface area contributed by atoms with Gasteiger partial charge in [0, 0.05) is 29.9 Å². The predicted octanol–water partition coefficient (Wildman–Crippen LogP) is 6.94. The number of ether oxygens (including phenoxy) is 2. The Hall–Kier alpha value is -3.81. The normalized spacial score (nSPS) is 18.0. The maximum atomic E-state index is 13.1. The quantitative estimate of drug-likeness (QED) is 0.274. The maximum Gasteiger partial charge on any atom is 0.338 e. The van der Waals surface area contributed by atoms with Gasteiger partial charge in [-0.25, -0.2) is 9.78 Å². The van der Waals surface area contributed by atoms with Gasteiger partial charge in [0.1, 0.15) is 11.3 Å². The van der Waals surface area contributed by atoms with Crippen molar-refractivity contribution in [1.82, 2.24) is 19.4 Å². The molecule has 8 heteroatoms. The molecule has 1 atom stereocenters. The van der Waals surface area contributed by atoms with E-state index in [1.807, 2.05) is 39.3 Å². The van der Waals surface area contributed by atoms with Crippen molar-refractivity contribution in [2.24, 2.45) is 12.5 Å². The van der Waals surface area contributed by atoms with E-state index in [4.69, 9.17) is 14.5 Å². The highest BCUT2D eigenvalue weighted by atomic mass is 16.5. The summed E-state index contributed by atoms with van der Waals surface area (Å²) in [4.78, 5) is 30.9. The van der Waals surface area contributed by atoms with E-state index < -0.39 is 5.97 Å². The van der Waals surface area contributed by atoms with E-state index in [0.29, 0.717) is 16.8 Å². The topological polar surface area (TPSA) is 87.4 Å². The SMILES string of the molecule is COc1cc(C(=O)OC(C)C)cc2nc(-c3cc4ccc5cc4n3CCCCCCC(C)(C)C(=O)N[C@@H]5C)n(C)c12. The van der Waals surface area contributed by atoms with Crippen LogP contribution in [0.15, 0.2) is 36.4 Å². The number of fused-ring (bicyclic) bond motifs is 2. The molecule has 0 saturated heterocycles. The van der Waals surface area contributed by atoms with Crippen molar-refractivity contribution >= 4 is 33.8 Å². The number of nitrogens with one attached hydrogen (secondary N) is 1. The van der Waals surface area contributed by atoms with Crippen molar-refractivity contribution < 1.29 is 19.1 Å². The second kappa shape index (κ2) is 11.2. The van der Waals surface area contributed by atoms with E-state index in [1.165, 1.54) is 0 Å². The Labute approximate surface area is 242 Å². The lowest BCUT2D eigenvalue weighted by Gasteiger charge is -2.26. The van der Waals surface area contributed by atoms with Crippen LogP contribution in [0.4, 0.5) is 0 Å². The van der Waals surface area contributed by atoms with E-state index in [-0.39, 0.29) is 23.5 Å². The summed E-state index contributed by atoms with van der Waals surface area (Å²) < 4.78 is 15.6. The van der Waals surface area contributed by atoms with Crippen molar-refractivity contribution in [1.29, 1.82) is 0 Å². The summed E-state index contributed by atoms with van der Waals surface area (Å²) in [7, 11) is 3.59. The minimum Gasteiger partial charge on any atom is -0.494 e. The Morgan fingerprint density at radius 1 is 1.10 bits per heavy atom. The van der Waals surface area contributed by atoms with Gasteiger partial charge < -0.3 is 23.9 Å². The first-order valence-corrected chi connectivity index (χ1v) is 14.7. The molecule has 0 radical (unpaired) electrons. The van der Waals surface area contributed by atoms with Crippen LogP contribution < -0.4 is 10.1 Å². The van der Waals surface area contributed by atoms with Gasteiger partial charge in [-0.05, 0) is 63.4 Å². The fraction of sp³-hybridized carbons (Fsp3) is 0.485. The molecule has 8 nitrogen and oxygen atoms in total. The molecule has 1 N–H and O–H groups in total. The number of imidazole rings is 1. The molecular formula is C33H42N4O4. The van der Waals surface area contributed by atoms with Gasteiger partial charge in [-0.15, -0.1) is 0 Å². The Bertz CT molecular complexity index is 1610. The lowest BCUT2D eigenvalue weighted by atomic mass is 9.85.